The summed E-state index contributed by atoms with van der Waals surface area (Å²) in [6.07, 6.45) is 3.54. The molecule has 1 aliphatic heterocycles. The molecule has 0 radical (unpaired) electrons. The average Bonchev–Trinajstić information content (AvgIpc) is 3.42. The van der Waals surface area contributed by atoms with Crippen LogP contribution in [-0.4, -0.2) is 34.1 Å². The lowest BCUT2D eigenvalue weighted by atomic mass is 10.2. The third-order valence-corrected chi connectivity index (χ3v) is 8.19. The van der Waals surface area contributed by atoms with Gasteiger partial charge < -0.3 is 4.90 Å². The Bertz CT molecular complexity index is 1280. The van der Waals surface area contributed by atoms with Gasteiger partial charge in [-0.15, -0.1) is 11.3 Å². The molecular weight excluding hydrogens is 446 g/mol. The molecular formula is C24H24ClN3OS2. The molecule has 2 aromatic heterocycles. The first-order valence-corrected chi connectivity index (χ1v) is 12.9. The molecule has 3 heterocycles. The third-order valence-electron chi connectivity index (χ3n) is 5.76. The number of nitrogens with zero attached hydrogens (tertiary/aromatic N) is 3. The van der Waals surface area contributed by atoms with E-state index in [1.165, 1.54) is 25.9 Å². The van der Waals surface area contributed by atoms with Crippen LogP contribution >= 0.6 is 34.7 Å². The number of likely N-dealkylation sites (tertiary alicyclic amines) is 1. The fourth-order valence-electron chi connectivity index (χ4n) is 4.19. The van der Waals surface area contributed by atoms with E-state index in [4.69, 9.17) is 16.6 Å². The van der Waals surface area contributed by atoms with Crippen molar-refractivity contribution in [1.82, 2.24) is 14.5 Å². The first-order valence-electron chi connectivity index (χ1n) is 10.7. The van der Waals surface area contributed by atoms with E-state index in [1.807, 2.05) is 34.9 Å². The molecule has 0 spiro atoms. The SMILES string of the molecule is O=c1c2sc3ccccc3c2nc(SCc2cccc(Cl)c2)n1CCCN1CCCC1. The Hall–Kier alpha value is -1.86. The highest BCUT2D eigenvalue weighted by atomic mass is 35.5. The van der Waals surface area contributed by atoms with Crippen LogP contribution in [0.5, 0.6) is 0 Å². The topological polar surface area (TPSA) is 38.1 Å². The van der Waals surface area contributed by atoms with Crippen LogP contribution in [0.15, 0.2) is 58.5 Å². The zero-order valence-corrected chi connectivity index (χ0v) is 19.6. The smallest absolute Gasteiger partial charge is 0.272 e. The van der Waals surface area contributed by atoms with Crippen molar-refractivity contribution in [2.24, 2.45) is 0 Å². The number of hydrogen-bond donors (Lipinski definition) is 0. The lowest BCUT2D eigenvalue weighted by molar-refractivity contribution is 0.321. The van der Waals surface area contributed by atoms with Crippen LogP contribution in [-0.2, 0) is 12.3 Å². The highest BCUT2D eigenvalue weighted by Crippen LogP contribution is 2.32. The van der Waals surface area contributed by atoms with E-state index in [1.54, 1.807) is 23.1 Å². The largest absolute Gasteiger partial charge is 0.303 e. The molecule has 5 rings (SSSR count). The number of fused-ring (bicyclic) bond motifs is 3. The van der Waals surface area contributed by atoms with Gasteiger partial charge in [0, 0.05) is 27.4 Å². The second-order valence-electron chi connectivity index (χ2n) is 7.95. The lowest BCUT2D eigenvalue weighted by Crippen LogP contribution is -2.26. The molecule has 4 nitrogen and oxygen atoms in total. The number of benzene rings is 2. The van der Waals surface area contributed by atoms with E-state index in [0.29, 0.717) is 6.54 Å². The van der Waals surface area contributed by atoms with Crippen molar-refractivity contribution in [1.29, 1.82) is 0 Å². The summed E-state index contributed by atoms with van der Waals surface area (Å²) in [5, 5.41) is 2.59. The van der Waals surface area contributed by atoms with Crippen molar-refractivity contribution in [2.45, 2.75) is 36.7 Å². The molecule has 1 fully saturated rings. The quantitative estimate of drug-likeness (QED) is 0.244. The van der Waals surface area contributed by atoms with Gasteiger partial charge in [-0.25, -0.2) is 4.98 Å². The maximum Gasteiger partial charge on any atom is 0.272 e. The van der Waals surface area contributed by atoms with Crippen LogP contribution in [0.3, 0.4) is 0 Å². The van der Waals surface area contributed by atoms with E-state index < -0.39 is 0 Å². The number of halogens is 1. The minimum Gasteiger partial charge on any atom is -0.303 e. The van der Waals surface area contributed by atoms with E-state index >= 15 is 0 Å². The Labute approximate surface area is 194 Å². The summed E-state index contributed by atoms with van der Waals surface area (Å²) >= 11 is 9.33. The highest BCUT2D eigenvalue weighted by molar-refractivity contribution is 7.98. The highest BCUT2D eigenvalue weighted by Gasteiger charge is 2.17. The second kappa shape index (κ2) is 9.33. The van der Waals surface area contributed by atoms with E-state index in [2.05, 4.69) is 23.1 Å². The number of hydrogen-bond acceptors (Lipinski definition) is 5. The molecule has 0 saturated carbocycles. The van der Waals surface area contributed by atoms with Crippen LogP contribution in [0.1, 0.15) is 24.8 Å². The van der Waals surface area contributed by atoms with Crippen LogP contribution in [0.4, 0.5) is 0 Å². The van der Waals surface area contributed by atoms with Gasteiger partial charge in [0.15, 0.2) is 5.16 Å². The van der Waals surface area contributed by atoms with Crippen LogP contribution < -0.4 is 5.56 Å². The monoisotopic (exact) mass is 469 g/mol. The minimum absolute atomic E-state index is 0.0845. The fraction of sp³-hybridized carbons (Fsp3) is 0.333. The Kier molecular flexibility index (Phi) is 6.32. The molecule has 2 aromatic carbocycles. The number of aromatic nitrogens is 2. The summed E-state index contributed by atoms with van der Waals surface area (Å²) in [7, 11) is 0. The summed E-state index contributed by atoms with van der Waals surface area (Å²) in [6.45, 7) is 4.09. The van der Waals surface area contributed by atoms with E-state index in [-0.39, 0.29) is 5.56 Å². The van der Waals surface area contributed by atoms with Crippen LogP contribution in [0.25, 0.3) is 20.3 Å². The maximum atomic E-state index is 13.5. The van der Waals surface area contributed by atoms with Gasteiger partial charge in [-0.05, 0) is 62.7 Å². The first-order chi connectivity index (χ1) is 15.2. The zero-order chi connectivity index (χ0) is 21.2. The number of thioether (sulfide) groups is 1. The van der Waals surface area contributed by atoms with Crippen molar-refractivity contribution in [3.05, 3.63) is 69.5 Å². The van der Waals surface area contributed by atoms with Crippen molar-refractivity contribution < 1.29 is 0 Å². The molecule has 0 amide bonds. The molecule has 4 aromatic rings. The van der Waals surface area contributed by atoms with Gasteiger partial charge in [0.1, 0.15) is 4.70 Å². The van der Waals surface area contributed by atoms with E-state index in [9.17, 15) is 4.79 Å². The molecule has 0 aliphatic carbocycles. The van der Waals surface area contributed by atoms with Crippen molar-refractivity contribution in [2.75, 3.05) is 19.6 Å². The molecule has 1 aliphatic rings. The van der Waals surface area contributed by atoms with Crippen LogP contribution in [0, 0.1) is 0 Å². The molecule has 7 heteroatoms. The number of rotatable bonds is 7. The summed E-state index contributed by atoms with van der Waals surface area (Å²) in [5.41, 5.74) is 2.04. The van der Waals surface area contributed by atoms with Crippen molar-refractivity contribution >= 4 is 55.0 Å². The predicted octanol–water partition coefficient (Wildman–Crippen LogP) is 6.04. The summed E-state index contributed by atoms with van der Waals surface area (Å²) in [4.78, 5) is 21.0. The zero-order valence-electron chi connectivity index (χ0n) is 17.2. The standard InChI is InChI=1S/C24H24ClN3OS2/c25-18-8-5-7-17(15-18)16-30-24-26-21-19-9-1-2-10-20(19)31-22(21)23(29)28(24)14-6-13-27-11-3-4-12-27/h1-2,5,7-10,15H,3-4,6,11-14,16H2. The van der Waals surface area contributed by atoms with E-state index in [0.717, 1.165) is 54.8 Å². The summed E-state index contributed by atoms with van der Waals surface area (Å²) in [5.74, 6) is 0.729. The van der Waals surface area contributed by atoms with Gasteiger partial charge in [0.2, 0.25) is 0 Å². The normalized spacial score (nSPS) is 14.7. The van der Waals surface area contributed by atoms with Gasteiger partial charge in [-0.3, -0.25) is 9.36 Å². The van der Waals surface area contributed by atoms with Gasteiger partial charge >= 0.3 is 0 Å². The van der Waals surface area contributed by atoms with Gasteiger partial charge in [0.05, 0.1) is 5.52 Å². The molecule has 0 N–H and O–H groups in total. The number of thiophene rings is 1. The fourth-order valence-corrected chi connectivity index (χ4v) is 6.46. The summed E-state index contributed by atoms with van der Waals surface area (Å²) in [6, 6.07) is 16.0. The minimum atomic E-state index is 0.0845. The Balaban J connectivity index is 1.49. The third kappa shape index (κ3) is 4.53. The lowest BCUT2D eigenvalue weighted by Gasteiger charge is -2.16. The molecule has 1 saturated heterocycles. The average molecular weight is 470 g/mol. The molecule has 31 heavy (non-hydrogen) atoms. The van der Waals surface area contributed by atoms with Crippen LogP contribution in [0.2, 0.25) is 5.02 Å². The maximum absolute atomic E-state index is 13.5. The van der Waals surface area contributed by atoms with Gasteiger partial charge in [-0.2, -0.15) is 0 Å². The van der Waals surface area contributed by atoms with Gasteiger partial charge in [-0.1, -0.05) is 53.7 Å². The van der Waals surface area contributed by atoms with Crippen molar-refractivity contribution in [3.63, 3.8) is 0 Å². The van der Waals surface area contributed by atoms with Gasteiger partial charge in [0.25, 0.3) is 5.56 Å². The first kappa shape index (κ1) is 21.0. The second-order valence-corrected chi connectivity index (χ2v) is 10.4. The van der Waals surface area contributed by atoms with Crippen molar-refractivity contribution in [3.8, 4) is 0 Å². The Morgan fingerprint density at radius 2 is 1.90 bits per heavy atom. The molecule has 160 valence electrons. The molecule has 0 bridgehead atoms. The molecule has 0 atom stereocenters. The Morgan fingerprint density at radius 1 is 1.06 bits per heavy atom. The Morgan fingerprint density at radius 3 is 2.74 bits per heavy atom. The summed E-state index contributed by atoms with van der Waals surface area (Å²) < 4.78 is 3.76. The predicted molar refractivity (Wildman–Crippen MR) is 133 cm³/mol. The molecule has 0 unspecified atom stereocenters.